The Morgan fingerprint density at radius 3 is 2.60 bits per heavy atom. The van der Waals surface area contributed by atoms with Crippen molar-refractivity contribution in [2.45, 2.75) is 17.8 Å². The number of rotatable bonds is 6. The van der Waals surface area contributed by atoms with Crippen molar-refractivity contribution in [3.8, 4) is 5.75 Å². The fourth-order valence-electron chi connectivity index (χ4n) is 2.28. The normalized spacial score (nSPS) is 10.5. The molecular formula is C18H18N4O2S. The monoisotopic (exact) mass is 354 g/mol. The van der Waals surface area contributed by atoms with E-state index >= 15 is 0 Å². The van der Waals surface area contributed by atoms with E-state index in [2.05, 4.69) is 15.6 Å². The second-order valence-electron chi connectivity index (χ2n) is 5.28. The fraction of sp³-hybridized carbons (Fsp3) is 0.167. The van der Waals surface area contributed by atoms with Crippen LogP contribution in [-0.2, 0) is 5.75 Å². The maximum Gasteiger partial charge on any atom is 0.273 e. The maximum atomic E-state index is 12.6. The summed E-state index contributed by atoms with van der Waals surface area (Å²) in [6, 6.07) is 17.1. The zero-order chi connectivity index (χ0) is 17.6. The first-order valence-corrected chi connectivity index (χ1v) is 8.70. The Morgan fingerprint density at radius 1 is 1.12 bits per heavy atom. The van der Waals surface area contributed by atoms with E-state index in [0.29, 0.717) is 22.3 Å². The number of amides is 1. The summed E-state index contributed by atoms with van der Waals surface area (Å²) in [5.74, 6) is 1.59. The molecule has 0 bridgehead atoms. The van der Waals surface area contributed by atoms with Gasteiger partial charge in [0, 0.05) is 5.75 Å². The SMILES string of the molecule is COc1ccccc1C(=O)Nn1c(C)nnc1SCc1ccccc1. The van der Waals surface area contributed by atoms with Gasteiger partial charge < -0.3 is 4.74 Å². The van der Waals surface area contributed by atoms with E-state index in [1.54, 1.807) is 29.8 Å². The molecule has 3 aromatic rings. The summed E-state index contributed by atoms with van der Waals surface area (Å²) in [4.78, 5) is 12.6. The molecule has 7 heteroatoms. The second kappa shape index (κ2) is 7.85. The summed E-state index contributed by atoms with van der Waals surface area (Å²) in [6.45, 7) is 1.79. The molecule has 0 saturated heterocycles. The quantitative estimate of drug-likeness (QED) is 0.688. The lowest BCUT2D eigenvalue weighted by molar-refractivity contribution is 0.100. The van der Waals surface area contributed by atoms with E-state index in [0.717, 1.165) is 5.75 Å². The highest BCUT2D eigenvalue weighted by molar-refractivity contribution is 7.98. The highest BCUT2D eigenvalue weighted by Gasteiger charge is 2.16. The number of methoxy groups -OCH3 is 1. The third-order valence-electron chi connectivity index (χ3n) is 3.57. The summed E-state index contributed by atoms with van der Waals surface area (Å²) >= 11 is 1.51. The molecule has 0 aliphatic carbocycles. The highest BCUT2D eigenvalue weighted by Crippen LogP contribution is 2.22. The van der Waals surface area contributed by atoms with Crippen molar-refractivity contribution in [2.75, 3.05) is 12.5 Å². The smallest absolute Gasteiger partial charge is 0.273 e. The molecule has 0 aliphatic heterocycles. The molecule has 25 heavy (non-hydrogen) atoms. The van der Waals surface area contributed by atoms with Crippen LogP contribution in [0.3, 0.4) is 0 Å². The Kier molecular flexibility index (Phi) is 5.35. The van der Waals surface area contributed by atoms with Crippen LogP contribution >= 0.6 is 11.8 Å². The Labute approximate surface area is 150 Å². The molecule has 2 aromatic carbocycles. The molecule has 1 N–H and O–H groups in total. The first-order valence-electron chi connectivity index (χ1n) is 7.72. The number of ether oxygens (including phenoxy) is 1. The molecule has 3 rings (SSSR count). The lowest BCUT2D eigenvalue weighted by Gasteiger charge is -2.12. The summed E-state index contributed by atoms with van der Waals surface area (Å²) in [5, 5.41) is 8.84. The largest absolute Gasteiger partial charge is 0.496 e. The third kappa shape index (κ3) is 4.00. The number of thioether (sulfide) groups is 1. The first kappa shape index (κ1) is 17.0. The molecule has 0 radical (unpaired) electrons. The third-order valence-corrected chi connectivity index (χ3v) is 4.57. The summed E-state index contributed by atoms with van der Waals surface area (Å²) in [5.41, 5.74) is 4.47. The molecule has 1 amide bonds. The van der Waals surface area contributed by atoms with Crippen molar-refractivity contribution < 1.29 is 9.53 Å². The number of aromatic nitrogens is 3. The Hall–Kier alpha value is -2.80. The van der Waals surface area contributed by atoms with Gasteiger partial charge in [-0.2, -0.15) is 0 Å². The van der Waals surface area contributed by atoms with Crippen LogP contribution in [0.1, 0.15) is 21.7 Å². The van der Waals surface area contributed by atoms with Crippen LogP contribution in [0, 0.1) is 6.92 Å². The van der Waals surface area contributed by atoms with E-state index in [1.165, 1.54) is 24.4 Å². The molecule has 0 aliphatic rings. The number of carbonyl (C=O) groups excluding carboxylic acids is 1. The van der Waals surface area contributed by atoms with Gasteiger partial charge in [-0.05, 0) is 24.6 Å². The number of aryl methyl sites for hydroxylation is 1. The molecule has 0 saturated carbocycles. The molecule has 6 nitrogen and oxygen atoms in total. The lowest BCUT2D eigenvalue weighted by atomic mass is 10.2. The minimum atomic E-state index is -0.276. The van der Waals surface area contributed by atoms with Gasteiger partial charge in [0.05, 0.1) is 12.7 Å². The Balaban J connectivity index is 1.76. The predicted octanol–water partition coefficient (Wildman–Crippen LogP) is 3.27. The molecule has 0 unspecified atom stereocenters. The van der Waals surface area contributed by atoms with Gasteiger partial charge in [0.2, 0.25) is 5.16 Å². The van der Waals surface area contributed by atoms with Crippen molar-refractivity contribution in [2.24, 2.45) is 0 Å². The number of hydrogen-bond donors (Lipinski definition) is 1. The van der Waals surface area contributed by atoms with Gasteiger partial charge in [-0.15, -0.1) is 10.2 Å². The Bertz CT molecular complexity index is 865. The molecule has 0 atom stereocenters. The van der Waals surface area contributed by atoms with Crippen molar-refractivity contribution >= 4 is 17.7 Å². The van der Waals surface area contributed by atoms with Gasteiger partial charge >= 0.3 is 0 Å². The van der Waals surface area contributed by atoms with Crippen molar-refractivity contribution in [1.82, 2.24) is 14.9 Å². The first-order chi connectivity index (χ1) is 12.2. The van der Waals surface area contributed by atoms with E-state index in [4.69, 9.17) is 4.74 Å². The average Bonchev–Trinajstić information content (AvgIpc) is 3.00. The fourth-order valence-corrected chi connectivity index (χ4v) is 3.17. The van der Waals surface area contributed by atoms with Crippen molar-refractivity contribution in [3.63, 3.8) is 0 Å². The van der Waals surface area contributed by atoms with Crippen LogP contribution in [0.15, 0.2) is 59.8 Å². The van der Waals surface area contributed by atoms with Gasteiger partial charge in [0.1, 0.15) is 11.6 Å². The van der Waals surface area contributed by atoms with Gasteiger partial charge in [-0.25, -0.2) is 4.68 Å². The summed E-state index contributed by atoms with van der Waals surface area (Å²) < 4.78 is 6.84. The number of nitrogens with zero attached hydrogens (tertiary/aromatic N) is 3. The van der Waals surface area contributed by atoms with E-state index in [9.17, 15) is 4.79 Å². The van der Waals surface area contributed by atoms with Crippen LogP contribution in [0.2, 0.25) is 0 Å². The van der Waals surface area contributed by atoms with Crippen LogP contribution in [0.5, 0.6) is 5.75 Å². The number of carbonyl (C=O) groups is 1. The summed E-state index contributed by atoms with van der Waals surface area (Å²) in [6.07, 6.45) is 0. The maximum absolute atomic E-state index is 12.6. The number of nitrogens with one attached hydrogen (secondary N) is 1. The van der Waals surface area contributed by atoms with Crippen molar-refractivity contribution in [1.29, 1.82) is 0 Å². The Morgan fingerprint density at radius 2 is 1.84 bits per heavy atom. The minimum Gasteiger partial charge on any atom is -0.496 e. The molecule has 128 valence electrons. The predicted molar refractivity (Wildman–Crippen MR) is 97.4 cm³/mol. The second-order valence-corrected chi connectivity index (χ2v) is 6.22. The molecule has 0 fully saturated rings. The van der Waals surface area contributed by atoms with Crippen molar-refractivity contribution in [3.05, 3.63) is 71.5 Å². The average molecular weight is 354 g/mol. The molecule has 1 heterocycles. The zero-order valence-corrected chi connectivity index (χ0v) is 14.8. The number of para-hydroxylation sites is 1. The van der Waals surface area contributed by atoms with Gasteiger partial charge in [0.25, 0.3) is 5.91 Å². The topological polar surface area (TPSA) is 69.0 Å². The van der Waals surface area contributed by atoms with Crippen LogP contribution < -0.4 is 10.2 Å². The van der Waals surface area contributed by atoms with Gasteiger partial charge in [-0.3, -0.25) is 10.2 Å². The van der Waals surface area contributed by atoms with Crippen LogP contribution in [-0.4, -0.2) is 27.9 Å². The van der Waals surface area contributed by atoms with Crippen LogP contribution in [0.25, 0.3) is 0 Å². The van der Waals surface area contributed by atoms with E-state index in [-0.39, 0.29) is 5.91 Å². The van der Waals surface area contributed by atoms with Gasteiger partial charge in [-0.1, -0.05) is 54.2 Å². The van der Waals surface area contributed by atoms with Crippen LogP contribution in [0.4, 0.5) is 0 Å². The zero-order valence-electron chi connectivity index (χ0n) is 14.0. The molecule has 0 spiro atoms. The molecule has 1 aromatic heterocycles. The lowest BCUT2D eigenvalue weighted by Crippen LogP contribution is -2.25. The summed E-state index contributed by atoms with van der Waals surface area (Å²) in [7, 11) is 1.54. The highest BCUT2D eigenvalue weighted by atomic mass is 32.2. The minimum absolute atomic E-state index is 0.276. The van der Waals surface area contributed by atoms with E-state index < -0.39 is 0 Å². The number of benzene rings is 2. The van der Waals surface area contributed by atoms with E-state index in [1.807, 2.05) is 36.4 Å². The molecular weight excluding hydrogens is 336 g/mol. The standard InChI is InChI=1S/C18H18N4O2S/c1-13-19-20-18(25-12-14-8-4-3-5-9-14)22(13)21-17(23)15-10-6-7-11-16(15)24-2/h3-11H,12H2,1-2H3,(H,21,23). The number of hydrogen-bond acceptors (Lipinski definition) is 5. The van der Waals surface area contributed by atoms with Gasteiger partial charge in [0.15, 0.2) is 0 Å².